The van der Waals surface area contributed by atoms with E-state index in [4.69, 9.17) is 5.73 Å². The number of allylic oxidation sites excluding steroid dienone is 1. The van der Waals surface area contributed by atoms with E-state index in [1.165, 1.54) is 0 Å². The van der Waals surface area contributed by atoms with Crippen molar-refractivity contribution >= 4 is 41.5 Å². The zero-order chi connectivity index (χ0) is 11.1. The predicted molar refractivity (Wildman–Crippen MR) is 70.2 cm³/mol. The van der Waals surface area contributed by atoms with Gasteiger partial charge < -0.3 is 5.73 Å². The highest BCUT2D eigenvalue weighted by Gasteiger charge is 2.31. The number of nitrogens with two attached hydrogens (primary N) is 1. The van der Waals surface area contributed by atoms with Crippen molar-refractivity contribution in [2.45, 2.75) is 6.04 Å². The zero-order valence-corrected chi connectivity index (χ0v) is 9.65. The second-order valence-electron chi connectivity index (χ2n) is 3.70. The molecule has 2 heterocycles. The van der Waals surface area contributed by atoms with Crippen LogP contribution in [0.5, 0.6) is 0 Å². The summed E-state index contributed by atoms with van der Waals surface area (Å²) < 4.78 is 0. The normalized spacial score (nSPS) is 19.6. The molecule has 5 heteroatoms. The number of hydrogen-bond acceptors (Lipinski definition) is 3. The maximum absolute atomic E-state index is 11.2. The fraction of sp³-hybridized carbons (Fsp3) is 0.0833. The lowest BCUT2D eigenvalue weighted by Gasteiger charge is -2.13. The van der Waals surface area contributed by atoms with Crippen molar-refractivity contribution in [3.8, 4) is 0 Å². The molecule has 1 unspecified atom stereocenters. The standard InChI is InChI=1S/C12H9N3O.ClH/c13-12(16)11-10-8(5-6-14-11)7-3-1-2-4-9(7)15-10;/h1-6,11H,(H2,13,16);1H. The summed E-state index contributed by atoms with van der Waals surface area (Å²) in [6.45, 7) is 0. The van der Waals surface area contributed by atoms with Crippen LogP contribution in [0.2, 0.25) is 0 Å². The third-order valence-corrected chi connectivity index (χ3v) is 2.72. The second-order valence-corrected chi connectivity index (χ2v) is 3.70. The van der Waals surface area contributed by atoms with Crippen LogP contribution < -0.4 is 5.73 Å². The summed E-state index contributed by atoms with van der Waals surface area (Å²) >= 11 is 0. The second kappa shape index (κ2) is 4.14. The molecule has 0 saturated heterocycles. The Hall–Kier alpha value is -1.94. The van der Waals surface area contributed by atoms with Crippen LogP contribution in [-0.4, -0.2) is 23.9 Å². The van der Waals surface area contributed by atoms with E-state index in [0.717, 1.165) is 16.8 Å². The molecule has 2 aliphatic heterocycles. The number of carbonyl (C=O) groups excluding carboxylic acids is 1. The first-order valence-corrected chi connectivity index (χ1v) is 4.98. The van der Waals surface area contributed by atoms with Gasteiger partial charge >= 0.3 is 0 Å². The quantitative estimate of drug-likeness (QED) is 0.803. The maximum Gasteiger partial charge on any atom is 0.248 e. The van der Waals surface area contributed by atoms with Crippen molar-refractivity contribution in [2.24, 2.45) is 15.7 Å². The number of carbonyl (C=O) groups is 1. The molecule has 3 rings (SSSR count). The predicted octanol–water partition coefficient (Wildman–Crippen LogP) is 1.52. The third kappa shape index (κ3) is 1.66. The minimum Gasteiger partial charge on any atom is -0.367 e. The molecule has 0 spiro atoms. The van der Waals surface area contributed by atoms with Gasteiger partial charge in [-0.3, -0.25) is 9.79 Å². The van der Waals surface area contributed by atoms with Gasteiger partial charge in [0.2, 0.25) is 5.91 Å². The summed E-state index contributed by atoms with van der Waals surface area (Å²) in [6.07, 6.45) is 3.48. The first-order chi connectivity index (χ1) is 7.77. The van der Waals surface area contributed by atoms with E-state index in [-0.39, 0.29) is 12.4 Å². The Morgan fingerprint density at radius 2 is 2.06 bits per heavy atom. The summed E-state index contributed by atoms with van der Waals surface area (Å²) in [5.74, 6) is -0.464. The molecule has 0 fully saturated rings. The van der Waals surface area contributed by atoms with Gasteiger partial charge in [0.25, 0.3) is 0 Å². The summed E-state index contributed by atoms with van der Waals surface area (Å²) in [5, 5.41) is 0. The van der Waals surface area contributed by atoms with E-state index in [0.29, 0.717) is 5.71 Å². The number of halogens is 1. The minimum absolute atomic E-state index is 0. The fourth-order valence-corrected chi connectivity index (χ4v) is 1.99. The van der Waals surface area contributed by atoms with Crippen LogP contribution in [0.25, 0.3) is 5.57 Å². The van der Waals surface area contributed by atoms with Crippen LogP contribution >= 0.6 is 12.4 Å². The fourth-order valence-electron chi connectivity index (χ4n) is 1.99. The van der Waals surface area contributed by atoms with Crippen LogP contribution in [0, 0.1) is 0 Å². The highest BCUT2D eigenvalue weighted by Crippen LogP contribution is 2.36. The average molecular weight is 248 g/mol. The van der Waals surface area contributed by atoms with Crippen LogP contribution in [0.15, 0.2) is 40.3 Å². The van der Waals surface area contributed by atoms with Crippen molar-refractivity contribution in [3.05, 3.63) is 35.9 Å². The topological polar surface area (TPSA) is 67.8 Å². The van der Waals surface area contributed by atoms with Crippen molar-refractivity contribution < 1.29 is 4.79 Å². The van der Waals surface area contributed by atoms with Gasteiger partial charge in [0.15, 0.2) is 6.04 Å². The molecule has 1 atom stereocenters. The molecule has 0 bridgehead atoms. The van der Waals surface area contributed by atoms with Crippen molar-refractivity contribution in [3.63, 3.8) is 0 Å². The largest absolute Gasteiger partial charge is 0.367 e. The third-order valence-electron chi connectivity index (χ3n) is 2.72. The molecule has 0 aliphatic carbocycles. The summed E-state index contributed by atoms with van der Waals surface area (Å²) in [7, 11) is 0. The Balaban J connectivity index is 0.00000108. The molecule has 0 radical (unpaired) electrons. The molecule has 1 aromatic carbocycles. The van der Waals surface area contributed by atoms with Gasteiger partial charge in [0.1, 0.15) is 0 Å². The maximum atomic E-state index is 11.2. The lowest BCUT2D eigenvalue weighted by molar-refractivity contribution is -0.117. The lowest BCUT2D eigenvalue weighted by atomic mass is 9.96. The van der Waals surface area contributed by atoms with Gasteiger partial charge in [-0.1, -0.05) is 18.2 Å². The summed E-state index contributed by atoms with van der Waals surface area (Å²) in [6, 6.07) is 7.12. The van der Waals surface area contributed by atoms with Crippen LogP contribution in [0.3, 0.4) is 0 Å². The van der Waals surface area contributed by atoms with Crippen LogP contribution in [0.4, 0.5) is 5.69 Å². The summed E-state index contributed by atoms with van der Waals surface area (Å²) in [4.78, 5) is 19.7. The van der Waals surface area contributed by atoms with E-state index < -0.39 is 11.9 Å². The molecular weight excluding hydrogens is 238 g/mol. The molecule has 0 aromatic heterocycles. The number of hydrogen-bond donors (Lipinski definition) is 1. The summed E-state index contributed by atoms with van der Waals surface area (Å²) in [5.41, 5.74) is 8.83. The lowest BCUT2D eigenvalue weighted by Crippen LogP contribution is -2.35. The number of para-hydroxylation sites is 1. The number of rotatable bonds is 1. The first-order valence-electron chi connectivity index (χ1n) is 4.98. The zero-order valence-electron chi connectivity index (χ0n) is 8.83. The van der Waals surface area contributed by atoms with E-state index >= 15 is 0 Å². The Morgan fingerprint density at radius 1 is 1.29 bits per heavy atom. The minimum atomic E-state index is -0.646. The van der Waals surface area contributed by atoms with Gasteiger partial charge in [0, 0.05) is 17.4 Å². The average Bonchev–Trinajstić information content (AvgIpc) is 2.67. The first kappa shape index (κ1) is 11.5. The highest BCUT2D eigenvalue weighted by atomic mass is 35.5. The Labute approximate surface area is 104 Å². The molecule has 2 aliphatic rings. The number of fused-ring (bicyclic) bond motifs is 3. The Kier molecular flexibility index (Phi) is 2.81. The van der Waals surface area contributed by atoms with Crippen LogP contribution in [-0.2, 0) is 4.79 Å². The molecule has 0 saturated carbocycles. The van der Waals surface area contributed by atoms with Gasteiger partial charge in [-0.15, -0.1) is 12.4 Å². The van der Waals surface area contributed by atoms with E-state index in [1.54, 1.807) is 6.21 Å². The van der Waals surface area contributed by atoms with Gasteiger partial charge in [0.05, 0.1) is 11.4 Å². The number of aliphatic imine (C=N–C) groups is 2. The Bertz CT molecular complexity index is 575. The molecule has 2 N–H and O–H groups in total. The van der Waals surface area contributed by atoms with Crippen molar-refractivity contribution in [1.29, 1.82) is 0 Å². The molecule has 4 nitrogen and oxygen atoms in total. The molecule has 1 amide bonds. The molecule has 86 valence electrons. The highest BCUT2D eigenvalue weighted by molar-refractivity contribution is 6.38. The van der Waals surface area contributed by atoms with Gasteiger partial charge in [-0.05, 0) is 12.1 Å². The number of dihydropyridines is 1. The van der Waals surface area contributed by atoms with Crippen molar-refractivity contribution in [1.82, 2.24) is 0 Å². The number of benzene rings is 1. The SMILES string of the molecule is Cl.NC(=O)C1N=CC=C2C1=Nc1ccccc12. The van der Waals surface area contributed by atoms with Crippen molar-refractivity contribution in [2.75, 3.05) is 0 Å². The van der Waals surface area contributed by atoms with Gasteiger partial charge in [-0.2, -0.15) is 0 Å². The van der Waals surface area contributed by atoms with E-state index in [9.17, 15) is 4.79 Å². The number of amides is 1. The molecular formula is C12H10ClN3O. The number of nitrogens with zero attached hydrogens (tertiary/aromatic N) is 2. The van der Waals surface area contributed by atoms with Crippen LogP contribution in [0.1, 0.15) is 5.56 Å². The molecule has 17 heavy (non-hydrogen) atoms. The van der Waals surface area contributed by atoms with E-state index in [2.05, 4.69) is 9.98 Å². The van der Waals surface area contributed by atoms with E-state index in [1.807, 2.05) is 30.3 Å². The molecule has 1 aromatic rings. The van der Waals surface area contributed by atoms with Gasteiger partial charge in [-0.25, -0.2) is 4.99 Å². The Morgan fingerprint density at radius 3 is 2.82 bits per heavy atom. The number of primary amides is 1. The monoisotopic (exact) mass is 247 g/mol. The smallest absolute Gasteiger partial charge is 0.248 e.